The minimum atomic E-state index is -1.02. The number of hydrogen-bond donors (Lipinski definition) is 1. The minimum Gasteiger partial charge on any atom is -0.490 e. The van der Waals surface area contributed by atoms with E-state index in [2.05, 4.69) is 0 Å². The zero-order valence-corrected chi connectivity index (χ0v) is 12.3. The molecular formula is C16H15ClO4. The third-order valence-corrected chi connectivity index (χ3v) is 3.17. The van der Waals surface area contributed by atoms with Crippen LogP contribution in [0.25, 0.3) is 0 Å². The first-order valence-electron chi connectivity index (χ1n) is 6.42. The van der Waals surface area contributed by atoms with Crippen molar-refractivity contribution in [1.82, 2.24) is 0 Å². The van der Waals surface area contributed by atoms with E-state index in [0.29, 0.717) is 19.0 Å². The minimum absolute atomic E-state index is 0.128. The summed E-state index contributed by atoms with van der Waals surface area (Å²) in [5, 5.41) is 9.12. The van der Waals surface area contributed by atoms with E-state index in [1.807, 2.05) is 31.2 Å². The summed E-state index contributed by atoms with van der Waals surface area (Å²) >= 11 is 5.97. The summed E-state index contributed by atoms with van der Waals surface area (Å²) in [6, 6.07) is 12.1. The Morgan fingerprint density at radius 1 is 1.10 bits per heavy atom. The number of halogens is 1. The van der Waals surface area contributed by atoms with Crippen molar-refractivity contribution >= 4 is 17.6 Å². The molecule has 0 amide bonds. The molecule has 0 atom stereocenters. The zero-order valence-electron chi connectivity index (χ0n) is 11.5. The van der Waals surface area contributed by atoms with Gasteiger partial charge in [-0.15, -0.1) is 0 Å². The monoisotopic (exact) mass is 306 g/mol. The molecule has 1 N–H and O–H groups in total. The number of hydrogen-bond acceptors (Lipinski definition) is 3. The van der Waals surface area contributed by atoms with Crippen molar-refractivity contribution < 1.29 is 19.4 Å². The lowest BCUT2D eigenvalue weighted by molar-refractivity contribution is 0.0697. The molecular weight excluding hydrogens is 292 g/mol. The van der Waals surface area contributed by atoms with E-state index in [0.717, 1.165) is 11.3 Å². The van der Waals surface area contributed by atoms with E-state index in [9.17, 15) is 4.79 Å². The first-order chi connectivity index (χ1) is 10.1. The molecule has 2 aromatic rings. The summed E-state index contributed by atoms with van der Waals surface area (Å²) in [7, 11) is 0. The maximum Gasteiger partial charge on any atom is 0.335 e. The van der Waals surface area contributed by atoms with Crippen LogP contribution in [0.5, 0.6) is 11.5 Å². The molecule has 0 radical (unpaired) electrons. The molecule has 0 saturated carbocycles. The van der Waals surface area contributed by atoms with E-state index < -0.39 is 5.97 Å². The van der Waals surface area contributed by atoms with Crippen LogP contribution in [0.4, 0.5) is 0 Å². The fourth-order valence-corrected chi connectivity index (χ4v) is 2.01. The zero-order chi connectivity index (χ0) is 15.2. The summed E-state index contributed by atoms with van der Waals surface area (Å²) in [6.07, 6.45) is 0. The molecule has 0 spiro atoms. The smallest absolute Gasteiger partial charge is 0.335 e. The van der Waals surface area contributed by atoms with Gasteiger partial charge in [-0.05, 0) is 36.8 Å². The molecule has 5 heteroatoms. The number of carboxylic acids is 1. The van der Waals surface area contributed by atoms with Crippen molar-refractivity contribution in [2.45, 2.75) is 6.92 Å². The number of rotatable bonds is 6. The second kappa shape index (κ2) is 6.99. The molecule has 2 aromatic carbocycles. The lowest BCUT2D eigenvalue weighted by Crippen LogP contribution is -2.10. The van der Waals surface area contributed by atoms with Gasteiger partial charge in [-0.3, -0.25) is 0 Å². The summed E-state index contributed by atoms with van der Waals surface area (Å²) in [6.45, 7) is 2.67. The van der Waals surface area contributed by atoms with E-state index in [1.165, 1.54) is 12.1 Å². The summed E-state index contributed by atoms with van der Waals surface area (Å²) < 4.78 is 11.1. The van der Waals surface area contributed by atoms with Gasteiger partial charge in [0.2, 0.25) is 0 Å². The van der Waals surface area contributed by atoms with Crippen molar-refractivity contribution in [2.24, 2.45) is 0 Å². The van der Waals surface area contributed by atoms with Gasteiger partial charge in [0, 0.05) is 0 Å². The van der Waals surface area contributed by atoms with E-state index in [-0.39, 0.29) is 10.6 Å². The predicted octanol–water partition coefficient (Wildman–Crippen LogP) is 3.80. The first kappa shape index (κ1) is 15.2. The average Bonchev–Trinajstić information content (AvgIpc) is 2.46. The highest BCUT2D eigenvalue weighted by molar-refractivity contribution is 6.32. The van der Waals surface area contributed by atoms with Crippen molar-refractivity contribution in [3.05, 3.63) is 58.6 Å². The summed E-state index contributed by atoms with van der Waals surface area (Å²) in [4.78, 5) is 10.8. The van der Waals surface area contributed by atoms with Crippen LogP contribution >= 0.6 is 11.6 Å². The Morgan fingerprint density at radius 2 is 1.76 bits per heavy atom. The topological polar surface area (TPSA) is 55.8 Å². The number of carboxylic acid groups (broad SMARTS) is 1. The van der Waals surface area contributed by atoms with Crippen LogP contribution in [0.1, 0.15) is 15.9 Å². The van der Waals surface area contributed by atoms with Crippen molar-refractivity contribution in [1.29, 1.82) is 0 Å². The van der Waals surface area contributed by atoms with Gasteiger partial charge in [0.05, 0.1) is 10.6 Å². The van der Waals surface area contributed by atoms with Gasteiger partial charge in [0.25, 0.3) is 0 Å². The van der Waals surface area contributed by atoms with Gasteiger partial charge in [0.1, 0.15) is 24.7 Å². The highest BCUT2D eigenvalue weighted by Crippen LogP contribution is 2.25. The van der Waals surface area contributed by atoms with Crippen molar-refractivity contribution in [2.75, 3.05) is 13.2 Å². The molecule has 0 aliphatic rings. The highest BCUT2D eigenvalue weighted by Gasteiger charge is 2.08. The fourth-order valence-electron chi connectivity index (χ4n) is 1.77. The van der Waals surface area contributed by atoms with Crippen LogP contribution in [0.3, 0.4) is 0 Å². The molecule has 21 heavy (non-hydrogen) atoms. The van der Waals surface area contributed by atoms with Gasteiger partial charge in [-0.2, -0.15) is 0 Å². The SMILES string of the molecule is Cc1ccccc1OCCOc1ccc(C(=O)O)cc1Cl. The number of carbonyl (C=O) groups is 1. The molecule has 4 nitrogen and oxygen atoms in total. The van der Waals surface area contributed by atoms with Gasteiger partial charge in [-0.25, -0.2) is 4.79 Å². The third-order valence-electron chi connectivity index (χ3n) is 2.87. The first-order valence-corrected chi connectivity index (χ1v) is 6.80. The number of benzene rings is 2. The maximum absolute atomic E-state index is 10.8. The standard InChI is InChI=1S/C16H15ClO4/c1-11-4-2-3-5-14(11)20-8-9-21-15-7-6-12(16(18)19)10-13(15)17/h2-7,10H,8-9H2,1H3,(H,18,19). The summed E-state index contributed by atoms with van der Waals surface area (Å²) in [5.41, 5.74) is 1.19. The number of para-hydroxylation sites is 1. The maximum atomic E-state index is 10.8. The Hall–Kier alpha value is -2.20. The Bertz CT molecular complexity index is 640. The van der Waals surface area contributed by atoms with Gasteiger partial charge in [0.15, 0.2) is 0 Å². The van der Waals surface area contributed by atoms with E-state index >= 15 is 0 Å². The Balaban J connectivity index is 1.87. The largest absolute Gasteiger partial charge is 0.490 e. The predicted molar refractivity (Wildman–Crippen MR) is 80.6 cm³/mol. The molecule has 0 fully saturated rings. The molecule has 2 rings (SSSR count). The second-order valence-electron chi connectivity index (χ2n) is 4.41. The van der Waals surface area contributed by atoms with Crippen molar-refractivity contribution in [3.8, 4) is 11.5 Å². The number of ether oxygens (including phenoxy) is 2. The van der Waals surface area contributed by atoms with Gasteiger partial charge < -0.3 is 14.6 Å². The average molecular weight is 307 g/mol. The Morgan fingerprint density at radius 3 is 2.38 bits per heavy atom. The molecule has 0 aromatic heterocycles. The molecule has 0 bridgehead atoms. The van der Waals surface area contributed by atoms with Crippen LogP contribution in [-0.4, -0.2) is 24.3 Å². The van der Waals surface area contributed by atoms with Crippen LogP contribution in [-0.2, 0) is 0 Å². The van der Waals surface area contributed by atoms with E-state index in [4.69, 9.17) is 26.2 Å². The van der Waals surface area contributed by atoms with Crippen LogP contribution in [0.15, 0.2) is 42.5 Å². The Kier molecular flexibility index (Phi) is 5.06. The van der Waals surface area contributed by atoms with Gasteiger partial charge >= 0.3 is 5.97 Å². The quantitative estimate of drug-likeness (QED) is 0.825. The van der Waals surface area contributed by atoms with E-state index in [1.54, 1.807) is 6.07 Å². The van der Waals surface area contributed by atoms with Crippen LogP contribution < -0.4 is 9.47 Å². The molecule has 0 aliphatic carbocycles. The third kappa shape index (κ3) is 4.13. The molecule has 0 unspecified atom stereocenters. The molecule has 0 heterocycles. The van der Waals surface area contributed by atoms with Gasteiger partial charge in [-0.1, -0.05) is 29.8 Å². The second-order valence-corrected chi connectivity index (χ2v) is 4.82. The molecule has 110 valence electrons. The lowest BCUT2D eigenvalue weighted by Gasteiger charge is -2.11. The molecule has 0 aliphatic heterocycles. The summed E-state index contributed by atoms with van der Waals surface area (Å²) in [5.74, 6) is 0.231. The fraction of sp³-hybridized carbons (Fsp3) is 0.188. The number of aryl methyl sites for hydroxylation is 1. The normalized spacial score (nSPS) is 10.2. The van der Waals surface area contributed by atoms with Crippen molar-refractivity contribution in [3.63, 3.8) is 0 Å². The Labute approximate surface area is 127 Å². The van der Waals surface area contributed by atoms with Crippen LogP contribution in [0, 0.1) is 6.92 Å². The van der Waals surface area contributed by atoms with Crippen LogP contribution in [0.2, 0.25) is 5.02 Å². The lowest BCUT2D eigenvalue weighted by atomic mass is 10.2. The highest BCUT2D eigenvalue weighted by atomic mass is 35.5. The number of aromatic carboxylic acids is 1. The molecule has 0 saturated heterocycles.